The Morgan fingerprint density at radius 1 is 1.23 bits per heavy atom. The number of rotatable bonds is 5. The van der Waals surface area contributed by atoms with Crippen molar-refractivity contribution in [2.24, 2.45) is 0 Å². The molecule has 0 fully saturated rings. The first-order chi connectivity index (χ1) is 5.77. The maximum atomic E-state index is 11.7. The molecule has 0 aromatic heterocycles. The van der Waals surface area contributed by atoms with Gasteiger partial charge in [0.05, 0.1) is 5.60 Å². The van der Waals surface area contributed by atoms with Gasteiger partial charge >= 0.3 is 6.18 Å². The van der Waals surface area contributed by atoms with Crippen LogP contribution in [0.5, 0.6) is 0 Å². The van der Waals surface area contributed by atoms with E-state index in [1.807, 2.05) is 13.8 Å². The third-order valence-corrected chi connectivity index (χ3v) is 2.77. The molecule has 0 spiro atoms. The average molecular weight is 263 g/mol. The summed E-state index contributed by atoms with van der Waals surface area (Å²) in [6, 6.07) is 0. The second kappa shape index (κ2) is 5.20. The highest BCUT2D eigenvalue weighted by atomic mass is 79.9. The molecule has 0 unspecified atom stereocenters. The van der Waals surface area contributed by atoms with Crippen molar-refractivity contribution < 1.29 is 17.9 Å². The summed E-state index contributed by atoms with van der Waals surface area (Å²) in [6.45, 7) is 3.81. The third-order valence-electron chi connectivity index (χ3n) is 1.42. The highest BCUT2D eigenvalue weighted by molar-refractivity contribution is 9.09. The van der Waals surface area contributed by atoms with Crippen molar-refractivity contribution in [1.29, 1.82) is 0 Å². The number of alkyl halides is 4. The van der Waals surface area contributed by atoms with E-state index in [1.54, 1.807) is 0 Å². The molecule has 1 nitrogen and oxygen atoms in total. The number of hydrogen-bond donors (Lipinski definition) is 0. The minimum Gasteiger partial charge on any atom is -0.375 e. The van der Waals surface area contributed by atoms with Gasteiger partial charge in [-0.05, 0) is 20.3 Å². The van der Waals surface area contributed by atoms with Crippen LogP contribution in [0, 0.1) is 0 Å². The highest BCUT2D eigenvalue weighted by Gasteiger charge is 2.26. The number of hydrogen-bond acceptors (Lipinski definition) is 1. The molecular weight excluding hydrogens is 249 g/mol. The van der Waals surface area contributed by atoms with Crippen molar-refractivity contribution in [3.05, 3.63) is 0 Å². The van der Waals surface area contributed by atoms with E-state index < -0.39 is 12.6 Å². The van der Waals surface area contributed by atoms with E-state index in [0.29, 0.717) is 5.33 Å². The number of halogens is 4. The summed E-state index contributed by atoms with van der Waals surface area (Å²) in [4.78, 5) is 0. The Hall–Kier alpha value is 0.230. The Kier molecular flexibility index (Phi) is 5.29. The molecule has 0 bridgehead atoms. The molecule has 0 radical (unpaired) electrons. The van der Waals surface area contributed by atoms with Gasteiger partial charge in [-0.25, -0.2) is 0 Å². The SMILES string of the molecule is CC(C)(CBr)OCCCC(F)(F)F. The van der Waals surface area contributed by atoms with Crippen molar-refractivity contribution >= 4 is 15.9 Å². The van der Waals surface area contributed by atoms with Gasteiger partial charge < -0.3 is 4.74 Å². The molecule has 0 amide bonds. The van der Waals surface area contributed by atoms with Crippen molar-refractivity contribution in [2.45, 2.75) is 38.5 Å². The first-order valence-electron chi connectivity index (χ1n) is 4.03. The predicted molar refractivity (Wildman–Crippen MR) is 49.1 cm³/mol. The van der Waals surface area contributed by atoms with Gasteiger partial charge in [-0.2, -0.15) is 13.2 Å². The normalized spacial score (nSPS) is 13.4. The Bertz CT molecular complexity index is 145. The molecule has 0 aliphatic heterocycles. The van der Waals surface area contributed by atoms with Crippen LogP contribution in [0.1, 0.15) is 26.7 Å². The second-order valence-corrected chi connectivity index (χ2v) is 4.02. The van der Waals surface area contributed by atoms with Crippen molar-refractivity contribution in [1.82, 2.24) is 0 Å². The lowest BCUT2D eigenvalue weighted by Crippen LogP contribution is -2.27. The van der Waals surface area contributed by atoms with Crippen molar-refractivity contribution in [3.8, 4) is 0 Å². The zero-order chi connectivity index (χ0) is 10.5. The first kappa shape index (κ1) is 13.2. The van der Waals surface area contributed by atoms with Gasteiger partial charge in [0, 0.05) is 18.4 Å². The van der Waals surface area contributed by atoms with E-state index in [1.165, 1.54) is 0 Å². The van der Waals surface area contributed by atoms with E-state index >= 15 is 0 Å². The molecule has 0 aromatic rings. The van der Waals surface area contributed by atoms with Crippen LogP contribution in [-0.2, 0) is 4.74 Å². The summed E-state index contributed by atoms with van der Waals surface area (Å²) in [5, 5.41) is 0.617. The quantitative estimate of drug-likeness (QED) is 0.544. The average Bonchev–Trinajstić information content (AvgIpc) is 1.97. The molecule has 0 aromatic carbocycles. The molecular formula is C8H14BrF3O. The number of ether oxygens (including phenoxy) is 1. The fourth-order valence-electron chi connectivity index (χ4n) is 0.660. The van der Waals surface area contributed by atoms with Crippen LogP contribution in [0.2, 0.25) is 0 Å². The topological polar surface area (TPSA) is 9.23 Å². The van der Waals surface area contributed by atoms with Crippen molar-refractivity contribution in [3.63, 3.8) is 0 Å². The van der Waals surface area contributed by atoms with E-state index in [9.17, 15) is 13.2 Å². The van der Waals surface area contributed by atoms with Crippen molar-refractivity contribution in [2.75, 3.05) is 11.9 Å². The van der Waals surface area contributed by atoms with Crippen LogP contribution >= 0.6 is 15.9 Å². The van der Waals surface area contributed by atoms with E-state index in [-0.39, 0.29) is 18.6 Å². The summed E-state index contributed by atoms with van der Waals surface area (Å²) in [5.74, 6) is 0. The third kappa shape index (κ3) is 8.56. The summed E-state index contributed by atoms with van der Waals surface area (Å²) in [5.41, 5.74) is -0.383. The van der Waals surface area contributed by atoms with Crippen LogP contribution in [0.3, 0.4) is 0 Å². The molecule has 0 heterocycles. The molecule has 0 saturated carbocycles. The van der Waals surface area contributed by atoms with E-state index in [2.05, 4.69) is 15.9 Å². The van der Waals surface area contributed by atoms with Gasteiger partial charge in [0.1, 0.15) is 0 Å². The minimum atomic E-state index is -4.07. The van der Waals surface area contributed by atoms with Crippen LogP contribution < -0.4 is 0 Å². The van der Waals surface area contributed by atoms with Gasteiger partial charge in [0.15, 0.2) is 0 Å². The zero-order valence-corrected chi connectivity index (χ0v) is 9.33. The molecule has 0 atom stereocenters. The van der Waals surface area contributed by atoms with Crippen LogP contribution in [-0.4, -0.2) is 23.7 Å². The standard InChI is InChI=1S/C8H14BrF3O/c1-7(2,6-9)13-5-3-4-8(10,11)12/h3-6H2,1-2H3. The Morgan fingerprint density at radius 3 is 2.15 bits per heavy atom. The van der Waals surface area contributed by atoms with Crippen LogP contribution in [0.25, 0.3) is 0 Å². The summed E-state index contributed by atoms with van der Waals surface area (Å²) < 4.78 is 40.3. The monoisotopic (exact) mass is 262 g/mol. The summed E-state index contributed by atoms with van der Waals surface area (Å²) in [7, 11) is 0. The summed E-state index contributed by atoms with van der Waals surface area (Å²) >= 11 is 3.22. The van der Waals surface area contributed by atoms with Crippen LogP contribution in [0.15, 0.2) is 0 Å². The maximum Gasteiger partial charge on any atom is 0.389 e. The molecule has 0 N–H and O–H groups in total. The Morgan fingerprint density at radius 2 is 1.77 bits per heavy atom. The maximum absolute atomic E-state index is 11.7. The molecule has 0 rings (SSSR count). The van der Waals surface area contributed by atoms with Gasteiger partial charge in [0.25, 0.3) is 0 Å². The molecule has 0 aliphatic rings. The molecule has 0 saturated heterocycles. The predicted octanol–water partition coefficient (Wildman–Crippen LogP) is 3.52. The lowest BCUT2D eigenvalue weighted by molar-refractivity contribution is -0.140. The second-order valence-electron chi connectivity index (χ2n) is 3.46. The minimum absolute atomic E-state index is 0.0277. The Labute approximate surface area is 84.8 Å². The van der Waals surface area contributed by atoms with Crippen LogP contribution in [0.4, 0.5) is 13.2 Å². The molecule has 80 valence electrons. The Balaban J connectivity index is 3.47. The van der Waals surface area contributed by atoms with Gasteiger partial charge in [-0.15, -0.1) is 0 Å². The molecule has 5 heteroatoms. The lowest BCUT2D eigenvalue weighted by Gasteiger charge is -2.22. The van der Waals surface area contributed by atoms with E-state index in [4.69, 9.17) is 4.74 Å². The highest BCUT2D eigenvalue weighted by Crippen LogP contribution is 2.22. The molecule has 13 heavy (non-hydrogen) atoms. The zero-order valence-electron chi connectivity index (χ0n) is 7.75. The van der Waals surface area contributed by atoms with E-state index in [0.717, 1.165) is 0 Å². The van der Waals surface area contributed by atoms with Gasteiger partial charge in [-0.3, -0.25) is 0 Å². The fraction of sp³-hybridized carbons (Fsp3) is 1.00. The summed E-state index contributed by atoms with van der Waals surface area (Å²) in [6.07, 6.45) is -4.81. The molecule has 0 aliphatic carbocycles. The lowest BCUT2D eigenvalue weighted by atomic mass is 10.2. The largest absolute Gasteiger partial charge is 0.389 e. The van der Waals surface area contributed by atoms with Gasteiger partial charge in [0.2, 0.25) is 0 Å². The smallest absolute Gasteiger partial charge is 0.375 e. The van der Waals surface area contributed by atoms with Gasteiger partial charge in [-0.1, -0.05) is 15.9 Å². The fourth-order valence-corrected chi connectivity index (χ4v) is 0.822. The first-order valence-corrected chi connectivity index (χ1v) is 5.16.